The molecule has 0 spiro atoms. The molecule has 11 heteroatoms. The summed E-state index contributed by atoms with van der Waals surface area (Å²) in [5, 5.41) is 20.3. The summed E-state index contributed by atoms with van der Waals surface area (Å²) >= 11 is 2.64. The number of anilines is 2. The van der Waals surface area contributed by atoms with E-state index in [1.165, 1.54) is 48.4 Å². The number of hydrogen-bond donors (Lipinski definition) is 4. The summed E-state index contributed by atoms with van der Waals surface area (Å²) in [6.45, 7) is 0. The van der Waals surface area contributed by atoms with E-state index < -0.39 is 11.8 Å². The fourth-order valence-electron chi connectivity index (χ4n) is 3.37. The van der Waals surface area contributed by atoms with E-state index in [-0.39, 0.29) is 23.1 Å². The first-order valence-electron chi connectivity index (χ1n) is 11.6. The van der Waals surface area contributed by atoms with Crippen molar-refractivity contribution >= 4 is 57.7 Å². The lowest BCUT2D eigenvalue weighted by Gasteiger charge is -2.13. The van der Waals surface area contributed by atoms with Gasteiger partial charge in [-0.15, -0.1) is 23.1 Å². The van der Waals surface area contributed by atoms with Crippen molar-refractivity contribution in [2.75, 3.05) is 23.5 Å². The molecule has 4 aromatic rings. The molecule has 39 heavy (non-hydrogen) atoms. The second-order valence-corrected chi connectivity index (χ2v) is 9.90. The average molecular weight is 561 g/mol. The molecule has 4 N–H and O–H groups in total. The molecule has 0 unspecified atom stereocenters. The maximum Gasteiger partial charge on any atom is 0.272 e. The lowest BCUT2D eigenvalue weighted by Crippen LogP contribution is -2.30. The van der Waals surface area contributed by atoms with Crippen molar-refractivity contribution in [3.05, 3.63) is 101 Å². The molecule has 1 aromatic heterocycles. The summed E-state index contributed by atoms with van der Waals surface area (Å²) in [6.07, 6.45) is 3.08. The van der Waals surface area contributed by atoms with Crippen LogP contribution in [0.5, 0.6) is 11.5 Å². The number of nitrogens with zero attached hydrogens (tertiary/aromatic N) is 1. The standard InChI is InChI=1S/C28H24N4O5S2/c1-37-24-16-21(33)11-10-19(24)14-23(31-26(35)18-6-3-2-4-7-18)27(36)30-20-8-5-9-22(15-20)39-17-25(34)32-28-29-12-13-38-28/h2-16,33H,17H2,1H3,(H,30,36)(H,31,35)(H,29,32,34)/b23-14+. The Morgan fingerprint density at radius 3 is 2.59 bits per heavy atom. The Balaban J connectivity index is 1.51. The van der Waals surface area contributed by atoms with Gasteiger partial charge in [-0.1, -0.05) is 24.3 Å². The summed E-state index contributed by atoms with van der Waals surface area (Å²) in [6, 6.07) is 20.0. The Kier molecular flexibility index (Phi) is 9.33. The summed E-state index contributed by atoms with van der Waals surface area (Å²) in [5.74, 6) is -0.748. The molecule has 3 aromatic carbocycles. The summed E-state index contributed by atoms with van der Waals surface area (Å²) < 4.78 is 5.32. The average Bonchev–Trinajstić information content (AvgIpc) is 3.46. The maximum atomic E-state index is 13.3. The van der Waals surface area contributed by atoms with Crippen molar-refractivity contribution in [3.8, 4) is 11.5 Å². The molecule has 0 atom stereocenters. The number of rotatable bonds is 10. The topological polar surface area (TPSA) is 130 Å². The Morgan fingerprint density at radius 1 is 1.03 bits per heavy atom. The molecule has 0 aliphatic heterocycles. The zero-order valence-corrected chi connectivity index (χ0v) is 22.3. The lowest BCUT2D eigenvalue weighted by molar-refractivity contribution is -0.114. The molecular weight excluding hydrogens is 536 g/mol. The SMILES string of the molecule is COc1cc(O)ccc1/C=C(/NC(=O)c1ccccc1)C(=O)Nc1cccc(SCC(=O)Nc2nccs2)c1. The van der Waals surface area contributed by atoms with Crippen LogP contribution >= 0.6 is 23.1 Å². The van der Waals surface area contributed by atoms with E-state index in [1.807, 2.05) is 6.07 Å². The van der Waals surface area contributed by atoms with Crippen molar-refractivity contribution in [2.45, 2.75) is 4.90 Å². The van der Waals surface area contributed by atoms with Gasteiger partial charge in [0.2, 0.25) is 5.91 Å². The highest BCUT2D eigenvalue weighted by Crippen LogP contribution is 2.26. The number of methoxy groups -OCH3 is 1. The van der Waals surface area contributed by atoms with Crippen molar-refractivity contribution in [1.82, 2.24) is 10.3 Å². The van der Waals surface area contributed by atoms with Crippen molar-refractivity contribution < 1.29 is 24.2 Å². The zero-order valence-electron chi connectivity index (χ0n) is 20.7. The van der Waals surface area contributed by atoms with Gasteiger partial charge in [0.15, 0.2) is 5.13 Å². The monoisotopic (exact) mass is 560 g/mol. The van der Waals surface area contributed by atoms with Crippen LogP contribution in [-0.4, -0.2) is 40.7 Å². The number of amides is 3. The second kappa shape index (κ2) is 13.3. The highest BCUT2D eigenvalue weighted by Gasteiger charge is 2.17. The van der Waals surface area contributed by atoms with Gasteiger partial charge in [0.1, 0.15) is 17.2 Å². The predicted molar refractivity (Wildman–Crippen MR) is 153 cm³/mol. The molecular formula is C28H24N4O5S2. The van der Waals surface area contributed by atoms with Gasteiger partial charge in [-0.05, 0) is 48.5 Å². The summed E-state index contributed by atoms with van der Waals surface area (Å²) in [4.78, 5) is 43.2. The van der Waals surface area contributed by atoms with E-state index in [4.69, 9.17) is 4.74 Å². The van der Waals surface area contributed by atoms with Gasteiger partial charge < -0.3 is 25.8 Å². The van der Waals surface area contributed by atoms with E-state index in [9.17, 15) is 19.5 Å². The van der Waals surface area contributed by atoms with Crippen LogP contribution in [0.25, 0.3) is 6.08 Å². The molecule has 0 saturated carbocycles. The fraction of sp³-hybridized carbons (Fsp3) is 0.0714. The number of thioether (sulfide) groups is 1. The maximum absolute atomic E-state index is 13.3. The van der Waals surface area contributed by atoms with Crippen molar-refractivity contribution in [1.29, 1.82) is 0 Å². The normalized spacial score (nSPS) is 10.9. The number of hydrogen-bond acceptors (Lipinski definition) is 8. The van der Waals surface area contributed by atoms with Crippen LogP contribution < -0.4 is 20.7 Å². The third-order valence-electron chi connectivity index (χ3n) is 5.19. The molecule has 198 valence electrons. The van der Waals surface area contributed by atoms with Gasteiger partial charge in [0.05, 0.1) is 12.9 Å². The highest BCUT2D eigenvalue weighted by atomic mass is 32.2. The van der Waals surface area contributed by atoms with Crippen LogP contribution in [0.4, 0.5) is 10.8 Å². The number of phenolic OH excluding ortho intramolecular Hbond substituents is 1. The quantitative estimate of drug-likeness (QED) is 0.159. The van der Waals surface area contributed by atoms with Crippen molar-refractivity contribution in [2.24, 2.45) is 0 Å². The van der Waals surface area contributed by atoms with Crippen LogP contribution in [0.2, 0.25) is 0 Å². The third kappa shape index (κ3) is 7.94. The van der Waals surface area contributed by atoms with Crippen LogP contribution in [-0.2, 0) is 9.59 Å². The minimum atomic E-state index is -0.571. The van der Waals surface area contributed by atoms with E-state index in [0.717, 1.165) is 4.90 Å². The minimum absolute atomic E-state index is 0.00188. The number of carbonyl (C=O) groups is 3. The van der Waals surface area contributed by atoms with Crippen molar-refractivity contribution in [3.63, 3.8) is 0 Å². The number of ether oxygens (including phenoxy) is 1. The van der Waals surface area contributed by atoms with Gasteiger partial charge in [0, 0.05) is 39.4 Å². The van der Waals surface area contributed by atoms with E-state index in [0.29, 0.717) is 27.7 Å². The number of aromatic hydroxyl groups is 1. The van der Waals surface area contributed by atoms with Crippen LogP contribution in [0.1, 0.15) is 15.9 Å². The molecule has 0 radical (unpaired) electrons. The number of nitrogens with one attached hydrogen (secondary N) is 3. The predicted octanol–water partition coefficient (Wildman–Crippen LogP) is 5.00. The van der Waals surface area contributed by atoms with Gasteiger partial charge in [-0.25, -0.2) is 4.98 Å². The third-order valence-corrected chi connectivity index (χ3v) is 6.87. The number of benzene rings is 3. The van der Waals surface area contributed by atoms with Gasteiger partial charge in [-0.2, -0.15) is 0 Å². The molecule has 0 bridgehead atoms. The Morgan fingerprint density at radius 2 is 1.85 bits per heavy atom. The lowest BCUT2D eigenvalue weighted by atomic mass is 10.1. The Bertz CT molecular complexity index is 1490. The molecule has 0 aliphatic rings. The molecule has 0 saturated heterocycles. The van der Waals surface area contributed by atoms with E-state index >= 15 is 0 Å². The minimum Gasteiger partial charge on any atom is -0.508 e. The second-order valence-electron chi connectivity index (χ2n) is 7.96. The van der Waals surface area contributed by atoms with E-state index in [2.05, 4.69) is 20.9 Å². The van der Waals surface area contributed by atoms with Gasteiger partial charge in [-0.3, -0.25) is 14.4 Å². The number of thiazole rings is 1. The highest BCUT2D eigenvalue weighted by molar-refractivity contribution is 8.00. The molecule has 3 amide bonds. The Hall–Kier alpha value is -4.61. The molecule has 0 fully saturated rings. The van der Waals surface area contributed by atoms with Crippen LogP contribution in [0.15, 0.2) is 95.0 Å². The molecule has 1 heterocycles. The zero-order chi connectivity index (χ0) is 27.6. The number of carbonyl (C=O) groups excluding carboxylic acids is 3. The first-order valence-corrected chi connectivity index (χ1v) is 13.5. The molecule has 0 aliphatic carbocycles. The largest absolute Gasteiger partial charge is 0.508 e. The smallest absolute Gasteiger partial charge is 0.272 e. The summed E-state index contributed by atoms with van der Waals surface area (Å²) in [7, 11) is 1.44. The molecule has 9 nitrogen and oxygen atoms in total. The number of aromatic nitrogens is 1. The first-order chi connectivity index (χ1) is 18.9. The molecule has 4 rings (SSSR count). The van der Waals surface area contributed by atoms with Crippen LogP contribution in [0, 0.1) is 0 Å². The van der Waals surface area contributed by atoms with Crippen LogP contribution in [0.3, 0.4) is 0 Å². The number of phenols is 1. The Labute approximate surface area is 232 Å². The fourth-order valence-corrected chi connectivity index (χ4v) is 4.67. The van der Waals surface area contributed by atoms with Gasteiger partial charge in [0.25, 0.3) is 11.8 Å². The first kappa shape index (κ1) is 27.4. The summed E-state index contributed by atoms with van der Waals surface area (Å²) in [5.41, 5.74) is 1.30. The van der Waals surface area contributed by atoms with Gasteiger partial charge >= 0.3 is 0 Å². The van der Waals surface area contributed by atoms with E-state index in [1.54, 1.807) is 66.2 Å².